The molecule has 0 aromatic rings. The zero-order valence-corrected chi connectivity index (χ0v) is 5.08. The van der Waals surface area contributed by atoms with E-state index >= 15 is 0 Å². The van der Waals surface area contributed by atoms with Crippen LogP contribution in [0.1, 0.15) is 6.42 Å². The summed E-state index contributed by atoms with van der Waals surface area (Å²) in [6.45, 7) is 0. The van der Waals surface area contributed by atoms with Crippen molar-refractivity contribution in [3.8, 4) is 0 Å². The van der Waals surface area contributed by atoms with E-state index in [2.05, 4.69) is 0 Å². The van der Waals surface area contributed by atoms with Crippen molar-refractivity contribution in [1.82, 2.24) is 0 Å². The average Bonchev–Trinajstić information content (AvgIpc) is 1.88. The van der Waals surface area contributed by atoms with Crippen LogP contribution in [0.3, 0.4) is 0 Å². The van der Waals surface area contributed by atoms with E-state index in [9.17, 15) is 14.5 Å². The smallest absolute Gasteiger partial charge is 0.247 e. The number of hydrogen-bond acceptors (Lipinski definition) is 2. The molecule has 0 fully saturated rings. The summed E-state index contributed by atoms with van der Waals surface area (Å²) in [6.07, 6.45) is 3.52. The molecule has 10 heavy (non-hydrogen) atoms. The van der Waals surface area contributed by atoms with Gasteiger partial charge in [-0.25, -0.2) is 4.39 Å². The lowest BCUT2D eigenvalue weighted by atomic mass is 10.1. The first-order valence-electron chi connectivity index (χ1n) is 2.74. The summed E-state index contributed by atoms with van der Waals surface area (Å²) < 4.78 is 12.2. The van der Waals surface area contributed by atoms with Crippen molar-refractivity contribution in [2.45, 2.75) is 6.42 Å². The predicted molar refractivity (Wildman–Crippen MR) is 33.2 cm³/mol. The Morgan fingerprint density at radius 1 is 1.60 bits per heavy atom. The third-order valence-electron chi connectivity index (χ3n) is 1.18. The Morgan fingerprint density at radius 3 is 2.70 bits per heavy atom. The van der Waals surface area contributed by atoms with Crippen LogP contribution in [-0.4, -0.2) is 4.92 Å². The molecule has 0 unspecified atom stereocenters. The molecule has 0 spiro atoms. The van der Waals surface area contributed by atoms with Gasteiger partial charge in [-0.2, -0.15) is 0 Å². The summed E-state index contributed by atoms with van der Waals surface area (Å²) in [5.41, 5.74) is 0.0291. The SMILES string of the molecule is O=[N+]([O-])C1=CC=C(F)[CH]C1. The molecular formula is C6H5FNO2. The summed E-state index contributed by atoms with van der Waals surface area (Å²) in [5.74, 6) is -0.411. The third kappa shape index (κ3) is 1.40. The lowest BCUT2D eigenvalue weighted by molar-refractivity contribution is -0.427. The van der Waals surface area contributed by atoms with Gasteiger partial charge in [0.05, 0.1) is 4.92 Å². The lowest BCUT2D eigenvalue weighted by Crippen LogP contribution is -2.01. The molecule has 0 heterocycles. The normalized spacial score (nSPS) is 17.7. The van der Waals surface area contributed by atoms with Crippen molar-refractivity contribution in [3.05, 3.63) is 40.2 Å². The standard InChI is InChI=1S/C6H5FNO2/c7-5-1-3-6(4-2-5)8(9)10/h1-3H,4H2. The van der Waals surface area contributed by atoms with Gasteiger partial charge < -0.3 is 0 Å². The summed E-state index contributed by atoms with van der Waals surface area (Å²) in [7, 11) is 0. The van der Waals surface area contributed by atoms with Crippen LogP contribution in [0, 0.1) is 16.5 Å². The minimum Gasteiger partial charge on any atom is -0.259 e. The van der Waals surface area contributed by atoms with Gasteiger partial charge in [-0.1, -0.05) is 0 Å². The first kappa shape index (κ1) is 6.92. The van der Waals surface area contributed by atoms with E-state index in [1.165, 1.54) is 12.5 Å². The Hall–Kier alpha value is -1.19. The van der Waals surface area contributed by atoms with Gasteiger partial charge in [-0.3, -0.25) is 10.1 Å². The highest BCUT2D eigenvalue weighted by atomic mass is 19.1. The molecule has 53 valence electrons. The lowest BCUT2D eigenvalue weighted by Gasteiger charge is -2.00. The Labute approximate surface area is 57.0 Å². The van der Waals surface area contributed by atoms with Crippen LogP contribution in [0.4, 0.5) is 4.39 Å². The van der Waals surface area contributed by atoms with E-state index in [0.29, 0.717) is 0 Å². The Bertz CT molecular complexity index is 220. The number of nitrogens with zero attached hydrogens (tertiary/aromatic N) is 1. The minimum atomic E-state index is -0.514. The topological polar surface area (TPSA) is 43.1 Å². The molecule has 0 saturated carbocycles. The highest BCUT2D eigenvalue weighted by Gasteiger charge is 2.14. The summed E-state index contributed by atoms with van der Waals surface area (Å²) in [5, 5.41) is 10.0. The maximum atomic E-state index is 12.2. The molecule has 1 aliphatic carbocycles. The molecule has 0 bridgehead atoms. The minimum absolute atomic E-state index is 0.0291. The van der Waals surface area contributed by atoms with Crippen LogP contribution in [0.2, 0.25) is 0 Å². The van der Waals surface area contributed by atoms with Gasteiger partial charge >= 0.3 is 0 Å². The fourth-order valence-electron chi connectivity index (χ4n) is 0.649. The first-order valence-corrected chi connectivity index (χ1v) is 2.74. The number of allylic oxidation sites excluding steroid dienone is 4. The van der Waals surface area contributed by atoms with E-state index in [4.69, 9.17) is 0 Å². The molecule has 1 aliphatic rings. The molecule has 3 nitrogen and oxygen atoms in total. The van der Waals surface area contributed by atoms with Crippen LogP contribution >= 0.6 is 0 Å². The van der Waals surface area contributed by atoms with Gasteiger partial charge in [0, 0.05) is 18.9 Å². The maximum absolute atomic E-state index is 12.2. The molecule has 4 heteroatoms. The number of rotatable bonds is 1. The Morgan fingerprint density at radius 2 is 2.30 bits per heavy atom. The second-order valence-corrected chi connectivity index (χ2v) is 1.87. The van der Waals surface area contributed by atoms with Crippen molar-refractivity contribution >= 4 is 0 Å². The number of hydrogen-bond donors (Lipinski definition) is 0. The summed E-state index contributed by atoms with van der Waals surface area (Å²) in [6, 6.07) is 0. The molecule has 0 N–H and O–H groups in total. The molecule has 0 aromatic heterocycles. The molecule has 0 amide bonds. The monoisotopic (exact) mass is 142 g/mol. The molecule has 0 aliphatic heterocycles. The van der Waals surface area contributed by atoms with Crippen LogP contribution < -0.4 is 0 Å². The number of halogens is 1. The quantitative estimate of drug-likeness (QED) is 0.412. The van der Waals surface area contributed by atoms with Gasteiger partial charge in [0.15, 0.2) is 0 Å². The second-order valence-electron chi connectivity index (χ2n) is 1.87. The van der Waals surface area contributed by atoms with Gasteiger partial charge in [-0.15, -0.1) is 0 Å². The van der Waals surface area contributed by atoms with Gasteiger partial charge in [-0.05, 0) is 6.08 Å². The molecule has 0 aromatic carbocycles. The molecule has 1 radical (unpaired) electrons. The molecular weight excluding hydrogens is 137 g/mol. The van der Waals surface area contributed by atoms with Crippen molar-refractivity contribution in [2.24, 2.45) is 0 Å². The van der Waals surface area contributed by atoms with Gasteiger partial charge in [0.1, 0.15) is 5.83 Å². The van der Waals surface area contributed by atoms with E-state index in [0.717, 1.165) is 6.08 Å². The van der Waals surface area contributed by atoms with E-state index < -0.39 is 10.8 Å². The first-order chi connectivity index (χ1) is 4.70. The highest BCUT2D eigenvalue weighted by Crippen LogP contribution is 2.17. The van der Waals surface area contributed by atoms with Crippen molar-refractivity contribution < 1.29 is 9.31 Å². The number of nitro groups is 1. The fraction of sp³-hybridized carbons (Fsp3) is 0.167. The van der Waals surface area contributed by atoms with Crippen LogP contribution in [0.15, 0.2) is 23.7 Å². The maximum Gasteiger partial charge on any atom is 0.247 e. The van der Waals surface area contributed by atoms with Crippen LogP contribution in [0.5, 0.6) is 0 Å². The van der Waals surface area contributed by atoms with Crippen LogP contribution in [-0.2, 0) is 0 Å². The Balaban J connectivity index is 2.74. The summed E-state index contributed by atoms with van der Waals surface area (Å²) >= 11 is 0. The zero-order valence-electron chi connectivity index (χ0n) is 5.08. The highest BCUT2D eigenvalue weighted by molar-refractivity contribution is 5.23. The van der Waals surface area contributed by atoms with Crippen LogP contribution in [0.25, 0.3) is 0 Å². The average molecular weight is 142 g/mol. The Kier molecular flexibility index (Phi) is 1.80. The van der Waals surface area contributed by atoms with Crippen molar-refractivity contribution in [3.63, 3.8) is 0 Å². The molecule has 1 rings (SSSR count). The van der Waals surface area contributed by atoms with Gasteiger partial charge in [0.25, 0.3) is 0 Å². The molecule has 0 saturated heterocycles. The van der Waals surface area contributed by atoms with E-state index in [-0.39, 0.29) is 12.1 Å². The third-order valence-corrected chi connectivity index (χ3v) is 1.18. The fourth-order valence-corrected chi connectivity index (χ4v) is 0.649. The van der Waals surface area contributed by atoms with Crippen molar-refractivity contribution in [1.29, 1.82) is 0 Å². The predicted octanol–water partition coefficient (Wildman–Crippen LogP) is 1.61. The largest absolute Gasteiger partial charge is 0.259 e. The molecule has 0 atom stereocenters. The van der Waals surface area contributed by atoms with Gasteiger partial charge in [0.2, 0.25) is 5.70 Å². The van der Waals surface area contributed by atoms with Crippen molar-refractivity contribution in [2.75, 3.05) is 0 Å². The zero-order chi connectivity index (χ0) is 7.56. The van der Waals surface area contributed by atoms with E-state index in [1.54, 1.807) is 0 Å². The second kappa shape index (κ2) is 2.60. The summed E-state index contributed by atoms with van der Waals surface area (Å²) in [4.78, 5) is 9.51. The van der Waals surface area contributed by atoms with E-state index in [1.807, 2.05) is 0 Å².